The van der Waals surface area contributed by atoms with Crippen molar-refractivity contribution in [3.8, 4) is 0 Å². The molecule has 4 aromatic rings. The molecule has 3 N–H and O–H groups in total. The van der Waals surface area contributed by atoms with Gasteiger partial charge in [-0.3, -0.25) is 9.59 Å². The minimum absolute atomic E-state index is 0.169. The van der Waals surface area contributed by atoms with Crippen LogP contribution in [-0.2, 0) is 6.54 Å². The zero-order valence-electron chi connectivity index (χ0n) is 13.9. The van der Waals surface area contributed by atoms with Crippen molar-refractivity contribution in [2.75, 3.05) is 5.32 Å². The molecule has 26 heavy (non-hydrogen) atoms. The third-order valence-electron chi connectivity index (χ3n) is 4.25. The number of aryl methyl sites for hydroxylation is 1. The van der Waals surface area contributed by atoms with Crippen LogP contribution in [0.1, 0.15) is 11.1 Å². The molecule has 0 aliphatic rings. The molecule has 6 nitrogen and oxygen atoms in total. The molecule has 1 aromatic carbocycles. The fourth-order valence-electron chi connectivity index (χ4n) is 2.94. The smallest absolute Gasteiger partial charge is 0.253 e. The SMILES string of the molecule is Cc1cc(=O)[nH]c2nc(NCc3cc4cc(Cl)ccc4[nH]c3=O)ccc12. The van der Waals surface area contributed by atoms with Gasteiger partial charge in [-0.1, -0.05) is 11.6 Å². The van der Waals surface area contributed by atoms with Crippen molar-refractivity contribution in [1.29, 1.82) is 0 Å². The first-order valence-corrected chi connectivity index (χ1v) is 8.43. The Bertz CT molecular complexity index is 1260. The molecular formula is C19H15ClN4O2. The molecule has 0 saturated heterocycles. The largest absolute Gasteiger partial charge is 0.366 e. The maximum atomic E-state index is 12.2. The number of benzene rings is 1. The van der Waals surface area contributed by atoms with Crippen LogP contribution in [0.4, 0.5) is 5.82 Å². The van der Waals surface area contributed by atoms with Crippen LogP contribution in [0.2, 0.25) is 5.02 Å². The summed E-state index contributed by atoms with van der Waals surface area (Å²) in [5.74, 6) is 0.573. The van der Waals surface area contributed by atoms with Crippen molar-refractivity contribution in [3.63, 3.8) is 0 Å². The Morgan fingerprint density at radius 2 is 1.92 bits per heavy atom. The Hall–Kier alpha value is -3.12. The zero-order chi connectivity index (χ0) is 18.3. The van der Waals surface area contributed by atoms with Crippen molar-refractivity contribution in [2.24, 2.45) is 0 Å². The lowest BCUT2D eigenvalue weighted by molar-refractivity contribution is 1.07. The summed E-state index contributed by atoms with van der Waals surface area (Å²) in [7, 11) is 0. The van der Waals surface area contributed by atoms with Gasteiger partial charge < -0.3 is 15.3 Å². The van der Waals surface area contributed by atoms with E-state index >= 15 is 0 Å². The number of H-pyrrole nitrogens is 2. The highest BCUT2D eigenvalue weighted by atomic mass is 35.5. The molecule has 0 bridgehead atoms. The number of nitrogens with one attached hydrogen (secondary N) is 3. The normalized spacial score (nSPS) is 11.2. The van der Waals surface area contributed by atoms with Crippen LogP contribution in [0.3, 0.4) is 0 Å². The predicted molar refractivity (Wildman–Crippen MR) is 104 cm³/mol. The first-order chi connectivity index (χ1) is 12.5. The van der Waals surface area contributed by atoms with Gasteiger partial charge in [-0.2, -0.15) is 0 Å². The fourth-order valence-corrected chi connectivity index (χ4v) is 3.12. The minimum Gasteiger partial charge on any atom is -0.366 e. The van der Waals surface area contributed by atoms with Gasteiger partial charge in [-0.25, -0.2) is 4.98 Å². The molecule has 7 heteroatoms. The lowest BCUT2D eigenvalue weighted by Crippen LogP contribution is -2.16. The van der Waals surface area contributed by atoms with Gasteiger partial charge in [0.05, 0.1) is 0 Å². The van der Waals surface area contributed by atoms with E-state index in [0.29, 0.717) is 28.6 Å². The molecule has 130 valence electrons. The number of hydrogen-bond donors (Lipinski definition) is 3. The monoisotopic (exact) mass is 366 g/mol. The van der Waals surface area contributed by atoms with E-state index in [1.54, 1.807) is 24.3 Å². The van der Waals surface area contributed by atoms with Crippen molar-refractivity contribution in [3.05, 3.63) is 79.3 Å². The molecule has 0 saturated carbocycles. The quantitative estimate of drug-likeness (QED) is 0.518. The van der Waals surface area contributed by atoms with Crippen molar-refractivity contribution in [2.45, 2.75) is 13.5 Å². The summed E-state index contributed by atoms with van der Waals surface area (Å²) in [5.41, 5.74) is 2.32. The Balaban J connectivity index is 1.65. The fraction of sp³-hybridized carbons (Fsp3) is 0.105. The van der Waals surface area contributed by atoms with Crippen LogP contribution in [0, 0.1) is 6.92 Å². The van der Waals surface area contributed by atoms with Crippen molar-refractivity contribution >= 4 is 39.4 Å². The topological polar surface area (TPSA) is 90.6 Å². The highest BCUT2D eigenvalue weighted by Gasteiger charge is 2.06. The summed E-state index contributed by atoms with van der Waals surface area (Å²) in [4.78, 5) is 33.8. The van der Waals surface area contributed by atoms with Crippen LogP contribution in [0.5, 0.6) is 0 Å². The molecule has 0 fully saturated rings. The van der Waals surface area contributed by atoms with E-state index in [2.05, 4.69) is 20.3 Å². The first kappa shape index (κ1) is 16.4. The van der Waals surface area contributed by atoms with Crippen LogP contribution in [-0.4, -0.2) is 15.0 Å². The summed E-state index contributed by atoms with van der Waals surface area (Å²) >= 11 is 6.02. The Labute approximate surface area is 152 Å². The number of fused-ring (bicyclic) bond motifs is 2. The Morgan fingerprint density at radius 1 is 1.08 bits per heavy atom. The molecule has 0 atom stereocenters. The van der Waals surface area contributed by atoms with E-state index in [9.17, 15) is 9.59 Å². The van der Waals surface area contributed by atoms with Gasteiger partial charge >= 0.3 is 0 Å². The van der Waals surface area contributed by atoms with Gasteiger partial charge in [-0.15, -0.1) is 0 Å². The van der Waals surface area contributed by atoms with Crippen LogP contribution >= 0.6 is 11.6 Å². The van der Waals surface area contributed by atoms with E-state index in [4.69, 9.17) is 11.6 Å². The number of halogens is 1. The molecular weight excluding hydrogens is 352 g/mol. The average Bonchev–Trinajstić information content (AvgIpc) is 2.59. The molecule has 4 rings (SSSR count). The Morgan fingerprint density at radius 3 is 2.77 bits per heavy atom. The predicted octanol–water partition coefficient (Wildman–Crippen LogP) is 3.34. The van der Waals surface area contributed by atoms with E-state index in [0.717, 1.165) is 21.9 Å². The van der Waals surface area contributed by atoms with Crippen LogP contribution < -0.4 is 16.4 Å². The number of rotatable bonds is 3. The molecule has 0 radical (unpaired) electrons. The molecule has 0 unspecified atom stereocenters. The van der Waals surface area contributed by atoms with Gasteiger partial charge in [0, 0.05) is 39.5 Å². The lowest BCUT2D eigenvalue weighted by atomic mass is 10.1. The maximum absolute atomic E-state index is 12.2. The zero-order valence-corrected chi connectivity index (χ0v) is 14.6. The van der Waals surface area contributed by atoms with Crippen LogP contribution in [0.25, 0.3) is 21.9 Å². The Kier molecular flexibility index (Phi) is 3.97. The minimum atomic E-state index is -0.192. The maximum Gasteiger partial charge on any atom is 0.253 e. The third kappa shape index (κ3) is 3.07. The summed E-state index contributed by atoms with van der Waals surface area (Å²) in [6.07, 6.45) is 0. The number of pyridine rings is 3. The van der Waals surface area contributed by atoms with E-state index in [-0.39, 0.29) is 11.1 Å². The number of nitrogens with zero attached hydrogens (tertiary/aromatic N) is 1. The highest BCUT2D eigenvalue weighted by molar-refractivity contribution is 6.31. The van der Waals surface area contributed by atoms with Gasteiger partial charge in [0.25, 0.3) is 5.56 Å². The second kappa shape index (κ2) is 6.31. The van der Waals surface area contributed by atoms with E-state index in [1.807, 2.05) is 19.1 Å². The summed E-state index contributed by atoms with van der Waals surface area (Å²) < 4.78 is 0. The number of hydrogen-bond acceptors (Lipinski definition) is 4. The third-order valence-corrected chi connectivity index (χ3v) is 4.49. The van der Waals surface area contributed by atoms with Gasteiger partial charge in [-0.05, 0) is 48.9 Å². The molecule has 0 aliphatic heterocycles. The second-order valence-electron chi connectivity index (χ2n) is 6.12. The number of aromatic nitrogens is 3. The van der Waals surface area contributed by atoms with Crippen LogP contribution in [0.15, 0.2) is 52.1 Å². The molecule has 0 aliphatic carbocycles. The molecule has 3 heterocycles. The lowest BCUT2D eigenvalue weighted by Gasteiger charge is -2.08. The molecule has 0 spiro atoms. The first-order valence-electron chi connectivity index (χ1n) is 8.05. The van der Waals surface area contributed by atoms with Crippen molar-refractivity contribution in [1.82, 2.24) is 15.0 Å². The average molecular weight is 367 g/mol. The summed E-state index contributed by atoms with van der Waals surface area (Å²) in [5, 5.41) is 5.48. The second-order valence-corrected chi connectivity index (χ2v) is 6.55. The molecule has 0 amide bonds. The van der Waals surface area contributed by atoms with Crippen molar-refractivity contribution < 1.29 is 0 Å². The summed E-state index contributed by atoms with van der Waals surface area (Å²) in [6.45, 7) is 2.17. The number of anilines is 1. The van der Waals surface area contributed by atoms with Gasteiger partial charge in [0.2, 0.25) is 5.56 Å². The standard InChI is InChI=1S/C19H15ClN4O2/c1-10-6-17(25)24-18-14(10)3-5-16(23-18)21-9-12-7-11-8-13(20)2-4-15(11)22-19(12)26/h2-8H,9H2,1H3,(H,22,26)(H2,21,23,24,25). The van der Waals surface area contributed by atoms with Gasteiger partial charge in [0.1, 0.15) is 11.5 Å². The van der Waals surface area contributed by atoms with Gasteiger partial charge in [0.15, 0.2) is 0 Å². The van der Waals surface area contributed by atoms with E-state index < -0.39 is 0 Å². The highest BCUT2D eigenvalue weighted by Crippen LogP contribution is 2.18. The van der Waals surface area contributed by atoms with E-state index in [1.165, 1.54) is 6.07 Å². The number of aromatic amines is 2. The summed E-state index contributed by atoms with van der Waals surface area (Å²) in [6, 6.07) is 12.4. The molecule has 3 aromatic heterocycles.